The average Bonchev–Trinajstić information content (AvgIpc) is 3.68. The summed E-state index contributed by atoms with van der Waals surface area (Å²) in [6, 6.07) is 17.2. The Kier molecular flexibility index (Phi) is 7.86. The number of carbonyl (C=O) groups excluding carboxylic acids is 2. The van der Waals surface area contributed by atoms with E-state index < -0.39 is 23.4 Å². The molecular weight excluding hydrogens is 574 g/mol. The van der Waals surface area contributed by atoms with E-state index in [0.717, 1.165) is 29.9 Å². The third kappa shape index (κ3) is 5.31. The third-order valence-electron chi connectivity index (χ3n) is 7.09. The second kappa shape index (κ2) is 11.2. The highest BCUT2D eigenvalue weighted by atomic mass is 35.5. The number of aryl methyl sites for hydroxylation is 1. The Balaban J connectivity index is 1.38. The summed E-state index contributed by atoms with van der Waals surface area (Å²) < 4.78 is 30.3. The minimum atomic E-state index is -0.703. The molecule has 40 heavy (non-hydrogen) atoms. The number of nitrogens with zero attached hydrogens (tertiary/aromatic N) is 1. The number of halogens is 3. The molecule has 1 aromatic heterocycles. The van der Waals surface area contributed by atoms with Crippen LogP contribution in [0.15, 0.2) is 60.7 Å². The molecule has 0 radical (unpaired) electrons. The Morgan fingerprint density at radius 2 is 1.75 bits per heavy atom. The molecule has 1 atom stereocenters. The fourth-order valence-electron chi connectivity index (χ4n) is 4.70. The number of amides is 1. The second-order valence-corrected chi connectivity index (χ2v) is 11.2. The van der Waals surface area contributed by atoms with Crippen molar-refractivity contribution >= 4 is 52.5 Å². The number of anilines is 1. The number of benzene rings is 3. The maximum Gasteiger partial charge on any atom is 0.412 e. The number of esters is 1. The first-order chi connectivity index (χ1) is 19.1. The molecule has 1 aliphatic carbocycles. The summed E-state index contributed by atoms with van der Waals surface area (Å²) in [7, 11) is 1.38. The Bertz CT molecular complexity index is 1600. The zero-order chi connectivity index (χ0) is 28.6. The summed E-state index contributed by atoms with van der Waals surface area (Å²) >= 11 is 14.0. The number of nitrogens with one attached hydrogen (secondary N) is 1. The number of rotatable bonds is 7. The van der Waals surface area contributed by atoms with E-state index in [2.05, 4.69) is 9.69 Å². The highest BCUT2D eigenvalue weighted by Gasteiger charge is 2.52. The number of methoxy groups -OCH3 is 1. The van der Waals surface area contributed by atoms with Crippen LogP contribution in [0.3, 0.4) is 0 Å². The van der Waals surface area contributed by atoms with Crippen LogP contribution in [0.1, 0.15) is 42.7 Å². The normalized spacial score (nSPS) is 14.3. The topological polar surface area (TPSA) is 77.5 Å². The predicted octanol–water partition coefficient (Wildman–Crippen LogP) is 8.75. The van der Waals surface area contributed by atoms with Crippen molar-refractivity contribution < 1.29 is 23.5 Å². The third-order valence-corrected chi connectivity index (χ3v) is 8.72. The molecule has 1 N–H and O–H groups in total. The van der Waals surface area contributed by atoms with Gasteiger partial charge in [-0.15, -0.1) is 0 Å². The molecular formula is C30H25Cl2FN2O4S. The zero-order valence-corrected chi connectivity index (χ0v) is 24.2. The highest BCUT2D eigenvalue weighted by molar-refractivity contribution is 7.10. The van der Waals surface area contributed by atoms with Crippen molar-refractivity contribution in [2.45, 2.75) is 38.2 Å². The van der Waals surface area contributed by atoms with E-state index >= 15 is 4.39 Å². The van der Waals surface area contributed by atoms with Gasteiger partial charge in [-0.3, -0.25) is 10.1 Å². The molecule has 0 spiro atoms. The van der Waals surface area contributed by atoms with Gasteiger partial charge in [0, 0.05) is 21.7 Å². The summed E-state index contributed by atoms with van der Waals surface area (Å²) in [5.41, 5.74) is 3.16. The Labute approximate surface area is 245 Å². The molecule has 1 saturated carbocycles. The van der Waals surface area contributed by atoms with Gasteiger partial charge < -0.3 is 9.47 Å². The van der Waals surface area contributed by atoms with Crippen molar-refractivity contribution in [3.63, 3.8) is 0 Å². The quantitative estimate of drug-likeness (QED) is 0.215. The van der Waals surface area contributed by atoms with Gasteiger partial charge in [0.2, 0.25) is 0 Å². The van der Waals surface area contributed by atoms with Crippen LogP contribution in [0.2, 0.25) is 10.0 Å². The maximum atomic E-state index is 15.5. The van der Waals surface area contributed by atoms with E-state index in [1.165, 1.54) is 13.2 Å². The summed E-state index contributed by atoms with van der Waals surface area (Å²) in [4.78, 5) is 25.5. The smallest absolute Gasteiger partial charge is 0.412 e. The summed E-state index contributed by atoms with van der Waals surface area (Å²) in [6.07, 6.45) is 0.152. The largest absolute Gasteiger partial charge is 0.468 e. The molecule has 4 aromatic rings. The summed E-state index contributed by atoms with van der Waals surface area (Å²) in [5, 5.41) is 3.52. The molecule has 1 amide bonds. The fraction of sp³-hybridized carbons (Fsp3) is 0.233. The summed E-state index contributed by atoms with van der Waals surface area (Å²) in [5.74, 6) is -0.751. The molecule has 1 fully saturated rings. The van der Waals surface area contributed by atoms with E-state index in [0.29, 0.717) is 48.6 Å². The van der Waals surface area contributed by atoms with E-state index in [1.54, 1.807) is 50.2 Å². The standard InChI is InChI=1S/C30H25Cl2FN2O4S/c1-16-26(34-29(37)39-17(2)20-6-4-5-7-23(20)31)27(40-35-16)22-15-25(33)21(14-24(22)32)18-8-10-19(11-9-18)30(12-13-30)28(36)38-3/h4-11,14-15,17H,12-13H2,1-3H3,(H,34,37). The van der Waals surface area contributed by atoms with E-state index in [9.17, 15) is 9.59 Å². The van der Waals surface area contributed by atoms with E-state index in [1.807, 2.05) is 18.2 Å². The molecule has 6 nitrogen and oxygen atoms in total. The lowest BCUT2D eigenvalue weighted by Gasteiger charge is -2.16. The van der Waals surface area contributed by atoms with Gasteiger partial charge in [0.1, 0.15) is 11.9 Å². The number of hydrogen-bond acceptors (Lipinski definition) is 6. The van der Waals surface area contributed by atoms with Crippen LogP contribution in [-0.2, 0) is 19.7 Å². The Hall–Kier alpha value is -3.46. The Morgan fingerprint density at radius 3 is 2.40 bits per heavy atom. The predicted molar refractivity (Wildman–Crippen MR) is 156 cm³/mol. The van der Waals surface area contributed by atoms with Gasteiger partial charge in [0.05, 0.1) is 33.8 Å². The van der Waals surface area contributed by atoms with Gasteiger partial charge >= 0.3 is 12.1 Å². The van der Waals surface area contributed by atoms with Gasteiger partial charge in [0.15, 0.2) is 0 Å². The molecule has 0 bridgehead atoms. The molecule has 1 heterocycles. The number of hydrogen-bond donors (Lipinski definition) is 1. The van der Waals surface area contributed by atoms with Crippen molar-refractivity contribution in [3.8, 4) is 21.6 Å². The van der Waals surface area contributed by atoms with E-state index in [-0.39, 0.29) is 5.97 Å². The molecule has 3 aromatic carbocycles. The minimum Gasteiger partial charge on any atom is -0.468 e. The van der Waals surface area contributed by atoms with E-state index in [4.69, 9.17) is 32.7 Å². The van der Waals surface area contributed by atoms with Crippen LogP contribution in [0.5, 0.6) is 0 Å². The molecule has 10 heteroatoms. The molecule has 1 unspecified atom stereocenters. The highest BCUT2D eigenvalue weighted by Crippen LogP contribution is 2.49. The molecule has 1 aliphatic rings. The first-order valence-electron chi connectivity index (χ1n) is 12.5. The van der Waals surface area contributed by atoms with Gasteiger partial charge in [0.25, 0.3) is 0 Å². The number of ether oxygens (including phenoxy) is 2. The van der Waals surface area contributed by atoms with Gasteiger partial charge in [-0.2, -0.15) is 4.37 Å². The van der Waals surface area contributed by atoms with Crippen LogP contribution < -0.4 is 5.32 Å². The maximum absolute atomic E-state index is 15.5. The van der Waals surface area contributed by atoms with Crippen molar-refractivity contribution in [3.05, 3.63) is 93.3 Å². The lowest BCUT2D eigenvalue weighted by atomic mass is 9.93. The molecule has 206 valence electrons. The lowest BCUT2D eigenvalue weighted by Crippen LogP contribution is -2.21. The van der Waals surface area contributed by atoms with Crippen LogP contribution in [0.4, 0.5) is 14.9 Å². The molecule has 0 aliphatic heterocycles. The average molecular weight is 600 g/mol. The Morgan fingerprint density at radius 1 is 1.05 bits per heavy atom. The van der Waals surface area contributed by atoms with Crippen molar-refractivity contribution in [2.75, 3.05) is 12.4 Å². The minimum absolute atomic E-state index is 0.259. The fourth-order valence-corrected chi connectivity index (χ4v) is 6.18. The number of carbonyl (C=O) groups is 2. The van der Waals surface area contributed by atoms with Gasteiger partial charge in [-0.1, -0.05) is 65.7 Å². The van der Waals surface area contributed by atoms with Crippen molar-refractivity contribution in [2.24, 2.45) is 0 Å². The first kappa shape index (κ1) is 28.1. The van der Waals surface area contributed by atoms with Crippen LogP contribution >= 0.6 is 34.7 Å². The second-order valence-electron chi connectivity index (χ2n) is 9.63. The van der Waals surface area contributed by atoms with Crippen LogP contribution in [0, 0.1) is 12.7 Å². The van der Waals surface area contributed by atoms with Crippen molar-refractivity contribution in [1.82, 2.24) is 4.37 Å². The van der Waals surface area contributed by atoms with Crippen LogP contribution in [0.25, 0.3) is 21.6 Å². The van der Waals surface area contributed by atoms with Gasteiger partial charge in [-0.05, 0) is 67.5 Å². The number of aromatic nitrogens is 1. The molecule has 0 saturated heterocycles. The van der Waals surface area contributed by atoms with Gasteiger partial charge in [-0.25, -0.2) is 9.18 Å². The monoisotopic (exact) mass is 598 g/mol. The SMILES string of the molecule is COC(=O)C1(c2ccc(-c3cc(Cl)c(-c4snc(C)c4NC(=O)OC(C)c4ccccc4Cl)cc3F)cc2)CC1. The molecule has 5 rings (SSSR count). The zero-order valence-electron chi connectivity index (χ0n) is 21.9. The summed E-state index contributed by atoms with van der Waals surface area (Å²) in [6.45, 7) is 3.45. The van der Waals surface area contributed by atoms with Crippen molar-refractivity contribution in [1.29, 1.82) is 0 Å². The van der Waals surface area contributed by atoms with Crippen LogP contribution in [-0.4, -0.2) is 23.5 Å². The lowest BCUT2D eigenvalue weighted by molar-refractivity contribution is -0.143. The first-order valence-corrected chi connectivity index (χ1v) is 14.0.